The molecule has 2 heterocycles. The van der Waals surface area contributed by atoms with Crippen LogP contribution in [0.5, 0.6) is 0 Å². The van der Waals surface area contributed by atoms with Gasteiger partial charge in [0.2, 0.25) is 10.0 Å². The van der Waals surface area contributed by atoms with Crippen molar-refractivity contribution >= 4 is 44.4 Å². The molecule has 4 rings (SSSR count). The van der Waals surface area contributed by atoms with E-state index in [0.717, 1.165) is 30.5 Å². The number of ether oxygens (including phenoxy) is 1. The van der Waals surface area contributed by atoms with E-state index < -0.39 is 21.7 Å². The van der Waals surface area contributed by atoms with E-state index in [1.165, 1.54) is 16.1 Å². The summed E-state index contributed by atoms with van der Waals surface area (Å²) >= 11 is 7.22. The number of nitrogens with zero attached hydrogens (tertiary/aromatic N) is 3. The molecule has 0 radical (unpaired) electrons. The van der Waals surface area contributed by atoms with Gasteiger partial charge in [-0.1, -0.05) is 37.2 Å². The summed E-state index contributed by atoms with van der Waals surface area (Å²) in [6.07, 6.45) is 1.88. The van der Waals surface area contributed by atoms with Crippen molar-refractivity contribution in [3.05, 3.63) is 52.6 Å². The number of fused-ring (bicyclic) bond motifs is 1. The minimum atomic E-state index is -3.65. The van der Waals surface area contributed by atoms with E-state index in [9.17, 15) is 17.2 Å². The maximum atomic E-state index is 14.3. The van der Waals surface area contributed by atoms with Crippen LogP contribution in [-0.4, -0.2) is 48.1 Å². The minimum Gasteiger partial charge on any atom is -0.376 e. The van der Waals surface area contributed by atoms with Gasteiger partial charge < -0.3 is 9.30 Å². The number of rotatable bonds is 9. The van der Waals surface area contributed by atoms with E-state index in [1.807, 2.05) is 4.57 Å². The first-order valence-electron chi connectivity index (χ1n) is 11.1. The summed E-state index contributed by atoms with van der Waals surface area (Å²) in [4.78, 5) is 4.83. The number of sulfonamides is 1. The number of imidazole rings is 1. The Morgan fingerprint density at radius 2 is 1.94 bits per heavy atom. The summed E-state index contributed by atoms with van der Waals surface area (Å²) in [7, 11) is -3.65. The zero-order chi connectivity index (χ0) is 24.5. The van der Waals surface area contributed by atoms with Gasteiger partial charge in [0, 0.05) is 31.0 Å². The van der Waals surface area contributed by atoms with Crippen LogP contribution in [0.3, 0.4) is 0 Å². The Balaban J connectivity index is 1.73. The molecule has 1 fully saturated rings. The van der Waals surface area contributed by atoms with E-state index in [0.29, 0.717) is 36.9 Å². The summed E-state index contributed by atoms with van der Waals surface area (Å²) in [5.41, 5.74) is 1.33. The molecule has 1 aliphatic rings. The lowest BCUT2D eigenvalue weighted by atomic mass is 10.2. The van der Waals surface area contributed by atoms with Crippen LogP contribution in [0.2, 0.25) is 5.02 Å². The number of aromatic nitrogens is 2. The minimum absolute atomic E-state index is 0.00493. The Morgan fingerprint density at radius 3 is 2.62 bits per heavy atom. The van der Waals surface area contributed by atoms with Crippen LogP contribution in [0.15, 0.2) is 40.4 Å². The van der Waals surface area contributed by atoms with Crippen LogP contribution in [0.25, 0.3) is 11.0 Å². The summed E-state index contributed by atoms with van der Waals surface area (Å²) in [5.74, 6) is -1.20. The second-order valence-electron chi connectivity index (χ2n) is 7.99. The molecule has 34 heavy (non-hydrogen) atoms. The number of halogens is 3. The van der Waals surface area contributed by atoms with Crippen molar-refractivity contribution in [2.75, 3.05) is 19.7 Å². The fraction of sp³-hybridized carbons (Fsp3) is 0.435. The molecule has 2 aromatic carbocycles. The molecule has 1 saturated heterocycles. The van der Waals surface area contributed by atoms with E-state index >= 15 is 0 Å². The maximum absolute atomic E-state index is 14.3. The lowest BCUT2D eigenvalue weighted by Crippen LogP contribution is -2.30. The molecule has 11 heteroatoms. The zero-order valence-corrected chi connectivity index (χ0v) is 21.3. The van der Waals surface area contributed by atoms with Crippen molar-refractivity contribution in [3.63, 3.8) is 0 Å². The van der Waals surface area contributed by atoms with E-state index in [2.05, 4.69) is 4.98 Å². The van der Waals surface area contributed by atoms with Crippen molar-refractivity contribution in [3.8, 4) is 0 Å². The largest absolute Gasteiger partial charge is 0.376 e. The summed E-state index contributed by atoms with van der Waals surface area (Å²) in [6.45, 7) is 5.54. The van der Waals surface area contributed by atoms with Gasteiger partial charge in [-0.25, -0.2) is 22.2 Å². The summed E-state index contributed by atoms with van der Waals surface area (Å²) < 4.78 is 63.3. The van der Waals surface area contributed by atoms with Gasteiger partial charge in [-0.05, 0) is 43.2 Å². The molecular formula is C23H26ClF2N3O3S2. The molecular weight excluding hydrogens is 504 g/mol. The molecule has 3 aromatic rings. The number of hydrogen-bond acceptors (Lipinski definition) is 5. The van der Waals surface area contributed by atoms with E-state index in [-0.39, 0.29) is 27.3 Å². The highest BCUT2D eigenvalue weighted by Gasteiger charge is 2.25. The predicted molar refractivity (Wildman–Crippen MR) is 130 cm³/mol. The van der Waals surface area contributed by atoms with Crippen LogP contribution in [-0.2, 0) is 27.1 Å². The Morgan fingerprint density at radius 1 is 1.21 bits per heavy atom. The van der Waals surface area contributed by atoms with Crippen LogP contribution in [0.1, 0.15) is 32.3 Å². The first kappa shape index (κ1) is 25.4. The SMILES string of the molecule is CCN(CC)S(=O)(=O)c1ccc2c(c1)nc(SCc1c(F)ccc(F)c1Cl)n2C[C@@H]1CCCO1. The normalized spacial score (nSPS) is 16.7. The van der Waals surface area contributed by atoms with Gasteiger partial charge in [-0.2, -0.15) is 4.31 Å². The number of benzene rings is 2. The molecule has 6 nitrogen and oxygen atoms in total. The molecule has 1 atom stereocenters. The molecule has 0 saturated carbocycles. The monoisotopic (exact) mass is 529 g/mol. The molecule has 0 bridgehead atoms. The molecule has 184 valence electrons. The predicted octanol–water partition coefficient (Wildman–Crippen LogP) is 5.47. The lowest BCUT2D eigenvalue weighted by Gasteiger charge is -2.18. The van der Waals surface area contributed by atoms with Crippen molar-refractivity contribution in [1.29, 1.82) is 0 Å². The van der Waals surface area contributed by atoms with Crippen molar-refractivity contribution in [2.45, 2.75) is 55.1 Å². The first-order valence-corrected chi connectivity index (χ1v) is 13.9. The molecule has 1 aliphatic heterocycles. The molecule has 0 amide bonds. The Labute approximate surface area is 207 Å². The Kier molecular flexibility index (Phi) is 7.83. The highest BCUT2D eigenvalue weighted by Crippen LogP contribution is 2.33. The van der Waals surface area contributed by atoms with Gasteiger partial charge in [0.1, 0.15) is 11.6 Å². The molecule has 1 aromatic heterocycles. The van der Waals surface area contributed by atoms with Crippen molar-refractivity contribution < 1.29 is 21.9 Å². The van der Waals surface area contributed by atoms with Gasteiger partial charge in [0.05, 0.1) is 33.6 Å². The van der Waals surface area contributed by atoms with Crippen LogP contribution >= 0.6 is 23.4 Å². The zero-order valence-electron chi connectivity index (χ0n) is 18.9. The average molecular weight is 530 g/mol. The quantitative estimate of drug-likeness (QED) is 0.272. The molecule has 0 N–H and O–H groups in total. The highest BCUT2D eigenvalue weighted by molar-refractivity contribution is 7.98. The van der Waals surface area contributed by atoms with Gasteiger partial charge in [-0.15, -0.1) is 0 Å². The second-order valence-corrected chi connectivity index (χ2v) is 11.2. The third-order valence-electron chi connectivity index (χ3n) is 5.92. The third kappa shape index (κ3) is 4.97. The van der Waals surface area contributed by atoms with Gasteiger partial charge in [0.15, 0.2) is 5.16 Å². The van der Waals surface area contributed by atoms with Crippen LogP contribution in [0.4, 0.5) is 8.78 Å². The Hall–Kier alpha value is -1.72. The van der Waals surface area contributed by atoms with E-state index in [4.69, 9.17) is 16.3 Å². The topological polar surface area (TPSA) is 64.4 Å². The molecule has 0 aliphatic carbocycles. The fourth-order valence-electron chi connectivity index (χ4n) is 4.08. The standard InChI is InChI=1S/C23H26ClF2N3O3S2/c1-3-28(4-2)34(30,31)16-7-10-21-20(12-16)27-23(29(21)13-15-6-5-11-32-15)33-14-17-18(25)8-9-19(26)22(17)24/h7-10,12,15H,3-6,11,13-14H2,1-2H3/t15-/m0/s1. The fourth-order valence-corrected chi connectivity index (χ4v) is 6.90. The van der Waals surface area contributed by atoms with Gasteiger partial charge in [-0.3, -0.25) is 0 Å². The van der Waals surface area contributed by atoms with E-state index in [1.54, 1.807) is 32.0 Å². The molecule has 0 unspecified atom stereocenters. The van der Waals surface area contributed by atoms with Gasteiger partial charge in [0.25, 0.3) is 0 Å². The lowest BCUT2D eigenvalue weighted by molar-refractivity contribution is 0.0960. The van der Waals surface area contributed by atoms with Crippen LogP contribution in [0, 0.1) is 11.6 Å². The van der Waals surface area contributed by atoms with Gasteiger partial charge >= 0.3 is 0 Å². The number of thioether (sulfide) groups is 1. The number of hydrogen-bond donors (Lipinski definition) is 0. The highest BCUT2D eigenvalue weighted by atomic mass is 35.5. The first-order chi connectivity index (χ1) is 16.3. The Bertz CT molecular complexity index is 1290. The molecule has 0 spiro atoms. The maximum Gasteiger partial charge on any atom is 0.243 e. The average Bonchev–Trinajstić information content (AvgIpc) is 3.45. The van der Waals surface area contributed by atoms with Crippen LogP contribution < -0.4 is 0 Å². The van der Waals surface area contributed by atoms with Crippen molar-refractivity contribution in [1.82, 2.24) is 13.9 Å². The summed E-state index contributed by atoms with van der Waals surface area (Å²) in [5, 5.41) is 0.310. The third-order valence-corrected chi connectivity index (χ3v) is 9.38. The second kappa shape index (κ2) is 10.5. The smallest absolute Gasteiger partial charge is 0.243 e. The summed E-state index contributed by atoms with van der Waals surface area (Å²) in [6, 6.07) is 6.94. The van der Waals surface area contributed by atoms with Crippen molar-refractivity contribution in [2.24, 2.45) is 0 Å².